The fourth-order valence-electron chi connectivity index (χ4n) is 2.61. The van der Waals surface area contributed by atoms with Gasteiger partial charge in [0, 0.05) is 0 Å². The Morgan fingerprint density at radius 3 is 1.95 bits per heavy atom. The van der Waals surface area contributed by atoms with Gasteiger partial charge in [-0.15, -0.1) is 6.58 Å². The molecule has 4 heteroatoms. The molecular formula is C18H25BO3. The molecule has 0 aliphatic carbocycles. The number of benzene rings is 1. The highest BCUT2D eigenvalue weighted by molar-refractivity contribution is 6.56. The van der Waals surface area contributed by atoms with E-state index in [2.05, 4.69) is 6.58 Å². The molecule has 1 aromatic carbocycles. The van der Waals surface area contributed by atoms with Gasteiger partial charge in [-0.05, 0) is 52.6 Å². The van der Waals surface area contributed by atoms with Crippen molar-refractivity contribution in [3.8, 4) is 0 Å². The van der Waals surface area contributed by atoms with Crippen molar-refractivity contribution in [1.29, 1.82) is 0 Å². The van der Waals surface area contributed by atoms with Crippen molar-refractivity contribution >= 4 is 12.9 Å². The summed E-state index contributed by atoms with van der Waals surface area (Å²) in [5, 5.41) is 0. The van der Waals surface area contributed by atoms with E-state index in [1.807, 2.05) is 65.0 Å². The Kier molecular flexibility index (Phi) is 4.13. The number of hydrogen-bond acceptors (Lipinski definition) is 3. The van der Waals surface area contributed by atoms with Gasteiger partial charge in [0.25, 0.3) is 0 Å². The fraction of sp³-hybridized carbons (Fsp3) is 0.500. The van der Waals surface area contributed by atoms with E-state index in [1.54, 1.807) is 6.92 Å². The van der Waals surface area contributed by atoms with E-state index < -0.39 is 23.7 Å². The molecule has 118 valence electrons. The molecule has 2 rings (SSSR count). The molecule has 1 aliphatic heterocycles. The van der Waals surface area contributed by atoms with Crippen LogP contribution in [0.25, 0.3) is 0 Å². The molecule has 0 unspecified atom stereocenters. The van der Waals surface area contributed by atoms with E-state index in [-0.39, 0.29) is 5.78 Å². The third-order valence-electron chi connectivity index (χ3n) is 5.24. The van der Waals surface area contributed by atoms with Crippen LogP contribution in [0.1, 0.15) is 47.1 Å². The van der Waals surface area contributed by atoms with Crippen molar-refractivity contribution in [3.05, 3.63) is 47.9 Å². The predicted octanol–water partition coefficient (Wildman–Crippen LogP) is 3.72. The van der Waals surface area contributed by atoms with Crippen LogP contribution < -0.4 is 0 Å². The molecule has 0 aromatic heterocycles. The zero-order valence-electron chi connectivity index (χ0n) is 14.4. The van der Waals surface area contributed by atoms with Crippen molar-refractivity contribution in [2.24, 2.45) is 0 Å². The van der Waals surface area contributed by atoms with Crippen molar-refractivity contribution in [2.45, 2.75) is 58.2 Å². The molecular weight excluding hydrogens is 275 g/mol. The first-order valence-electron chi connectivity index (χ1n) is 7.64. The SMILES string of the molecule is C=C(B1OC(C)(C)C(C)(C)O1)[C@@](C)(C(C)=O)c1ccccc1. The van der Waals surface area contributed by atoms with Gasteiger partial charge in [0.1, 0.15) is 5.78 Å². The van der Waals surface area contributed by atoms with Gasteiger partial charge in [0.2, 0.25) is 0 Å². The zero-order chi connectivity index (χ0) is 16.8. The van der Waals surface area contributed by atoms with E-state index in [0.717, 1.165) is 5.56 Å². The molecule has 0 radical (unpaired) electrons. The lowest BCUT2D eigenvalue weighted by molar-refractivity contribution is -0.120. The van der Waals surface area contributed by atoms with Crippen molar-refractivity contribution in [3.63, 3.8) is 0 Å². The summed E-state index contributed by atoms with van der Waals surface area (Å²) in [7, 11) is -0.598. The Hall–Kier alpha value is -1.39. The largest absolute Gasteiger partial charge is 0.491 e. The van der Waals surface area contributed by atoms with Gasteiger partial charge in [-0.25, -0.2) is 0 Å². The van der Waals surface area contributed by atoms with Gasteiger partial charge in [-0.1, -0.05) is 30.3 Å². The normalized spacial score (nSPS) is 22.2. The standard InChI is InChI=1S/C18H25BO3/c1-13(19-21-16(3,4)17(5,6)22-19)18(7,14(2)20)15-11-9-8-10-12-15/h8-12H,1H2,2-7H3/t18-/m0/s1. The van der Waals surface area contributed by atoms with E-state index in [1.165, 1.54) is 0 Å². The summed E-state index contributed by atoms with van der Waals surface area (Å²) in [6.45, 7) is 15.6. The highest BCUT2D eigenvalue weighted by atomic mass is 16.7. The second kappa shape index (κ2) is 5.36. The number of carbonyl (C=O) groups is 1. The maximum absolute atomic E-state index is 12.4. The Labute approximate surface area is 133 Å². The average Bonchev–Trinajstić information content (AvgIpc) is 2.66. The molecule has 0 bridgehead atoms. The van der Waals surface area contributed by atoms with Crippen LogP contribution >= 0.6 is 0 Å². The number of ketones is 1. The summed E-state index contributed by atoms with van der Waals surface area (Å²) in [6, 6.07) is 9.67. The van der Waals surface area contributed by atoms with Crippen LogP contribution in [0.2, 0.25) is 0 Å². The molecule has 0 spiro atoms. The van der Waals surface area contributed by atoms with Gasteiger partial charge in [0.05, 0.1) is 16.6 Å². The summed E-state index contributed by atoms with van der Waals surface area (Å²) < 4.78 is 12.1. The van der Waals surface area contributed by atoms with Gasteiger partial charge < -0.3 is 9.31 Å². The Balaban J connectivity index is 2.40. The Morgan fingerprint density at radius 2 is 1.55 bits per heavy atom. The van der Waals surface area contributed by atoms with E-state index >= 15 is 0 Å². The first-order chi connectivity index (χ1) is 10.0. The van der Waals surface area contributed by atoms with Gasteiger partial charge in [0.15, 0.2) is 0 Å². The lowest BCUT2D eigenvalue weighted by Gasteiger charge is -2.32. The molecule has 1 aromatic rings. The fourth-order valence-corrected chi connectivity index (χ4v) is 2.61. The quantitative estimate of drug-likeness (QED) is 0.795. The van der Waals surface area contributed by atoms with Gasteiger partial charge >= 0.3 is 7.12 Å². The predicted molar refractivity (Wildman–Crippen MR) is 89.7 cm³/mol. The van der Waals surface area contributed by atoms with E-state index in [4.69, 9.17) is 9.31 Å². The lowest BCUT2D eigenvalue weighted by Crippen LogP contribution is -2.41. The highest BCUT2D eigenvalue weighted by Gasteiger charge is 2.55. The van der Waals surface area contributed by atoms with Gasteiger partial charge in [-0.2, -0.15) is 0 Å². The van der Waals surface area contributed by atoms with Crippen molar-refractivity contribution in [2.75, 3.05) is 0 Å². The number of rotatable bonds is 4. The molecule has 0 saturated carbocycles. The molecule has 1 aliphatic rings. The summed E-state index contributed by atoms with van der Waals surface area (Å²) >= 11 is 0. The smallest absolute Gasteiger partial charge is 0.400 e. The van der Waals surface area contributed by atoms with Crippen LogP contribution in [0.5, 0.6) is 0 Å². The Morgan fingerprint density at radius 1 is 1.09 bits per heavy atom. The average molecular weight is 300 g/mol. The number of allylic oxidation sites excluding steroid dienone is 1. The number of hydrogen-bond donors (Lipinski definition) is 0. The minimum Gasteiger partial charge on any atom is -0.400 e. The van der Waals surface area contributed by atoms with Crippen LogP contribution in [0, 0.1) is 0 Å². The second-order valence-electron chi connectivity index (χ2n) is 7.16. The minimum absolute atomic E-state index is 0.0263. The van der Waals surface area contributed by atoms with Crippen molar-refractivity contribution in [1.82, 2.24) is 0 Å². The van der Waals surface area contributed by atoms with Crippen LogP contribution in [-0.2, 0) is 19.5 Å². The second-order valence-corrected chi connectivity index (χ2v) is 7.16. The highest BCUT2D eigenvalue weighted by Crippen LogP contribution is 2.43. The maximum atomic E-state index is 12.4. The van der Waals surface area contributed by atoms with E-state index in [9.17, 15) is 4.79 Å². The molecule has 1 atom stereocenters. The molecule has 0 N–H and O–H groups in total. The molecule has 1 fully saturated rings. The topological polar surface area (TPSA) is 35.5 Å². The number of carbonyl (C=O) groups excluding carboxylic acids is 1. The summed E-state index contributed by atoms with van der Waals surface area (Å²) in [5.74, 6) is 0.0263. The summed E-state index contributed by atoms with van der Waals surface area (Å²) in [4.78, 5) is 12.4. The van der Waals surface area contributed by atoms with Crippen LogP contribution in [-0.4, -0.2) is 24.1 Å². The van der Waals surface area contributed by atoms with E-state index in [0.29, 0.717) is 5.47 Å². The third kappa shape index (κ3) is 2.55. The molecule has 1 heterocycles. The monoisotopic (exact) mass is 300 g/mol. The summed E-state index contributed by atoms with van der Waals surface area (Å²) in [5.41, 5.74) is -0.182. The van der Waals surface area contributed by atoms with Gasteiger partial charge in [-0.3, -0.25) is 4.79 Å². The molecule has 1 saturated heterocycles. The van der Waals surface area contributed by atoms with Crippen LogP contribution in [0.15, 0.2) is 42.4 Å². The lowest BCUT2D eigenvalue weighted by atomic mass is 9.59. The Bertz CT molecular complexity index is 576. The zero-order valence-corrected chi connectivity index (χ0v) is 14.4. The van der Waals surface area contributed by atoms with Crippen molar-refractivity contribution < 1.29 is 14.1 Å². The number of Topliss-reactive ketones (excluding diaryl/α,β-unsaturated/α-hetero) is 1. The van der Waals surface area contributed by atoms with Crippen LogP contribution in [0.4, 0.5) is 0 Å². The first kappa shape index (κ1) is 17.0. The van der Waals surface area contributed by atoms with Crippen LogP contribution in [0.3, 0.4) is 0 Å². The third-order valence-corrected chi connectivity index (χ3v) is 5.24. The first-order valence-corrected chi connectivity index (χ1v) is 7.64. The minimum atomic E-state index is -0.831. The summed E-state index contributed by atoms with van der Waals surface area (Å²) in [6.07, 6.45) is 0. The molecule has 22 heavy (non-hydrogen) atoms. The molecule has 0 amide bonds. The molecule has 3 nitrogen and oxygen atoms in total. The maximum Gasteiger partial charge on any atom is 0.491 e.